The number of carbonyl (C=O) groups is 2. The highest BCUT2D eigenvalue weighted by Gasteiger charge is 2.32. The maximum atomic E-state index is 13.3. The van der Waals surface area contributed by atoms with Gasteiger partial charge >= 0.3 is 0 Å². The number of nitrogens with one attached hydrogen (secondary N) is 1. The fourth-order valence-corrected chi connectivity index (χ4v) is 5.02. The molecule has 7 heteroatoms. The molecule has 2 aliphatic rings. The van der Waals surface area contributed by atoms with E-state index in [2.05, 4.69) is 14.8 Å². The van der Waals surface area contributed by atoms with E-state index in [9.17, 15) is 14.0 Å². The number of rotatable bonds is 4. The zero-order valence-corrected chi connectivity index (χ0v) is 18.6. The molecule has 2 fully saturated rings. The van der Waals surface area contributed by atoms with E-state index in [-0.39, 0.29) is 17.5 Å². The molecular formula is C24H31FN4O2. The van der Waals surface area contributed by atoms with Gasteiger partial charge in [0.15, 0.2) is 5.78 Å². The van der Waals surface area contributed by atoms with Gasteiger partial charge in [-0.25, -0.2) is 4.39 Å². The number of ketones is 1. The van der Waals surface area contributed by atoms with Crippen molar-refractivity contribution in [2.45, 2.75) is 39.7 Å². The lowest BCUT2D eigenvalue weighted by Crippen LogP contribution is -2.56. The highest BCUT2D eigenvalue weighted by molar-refractivity contribution is 6.02. The van der Waals surface area contributed by atoms with Gasteiger partial charge in [-0.2, -0.15) is 0 Å². The Morgan fingerprint density at radius 2 is 1.71 bits per heavy atom. The Morgan fingerprint density at radius 3 is 2.32 bits per heavy atom. The highest BCUT2D eigenvalue weighted by atomic mass is 19.1. The van der Waals surface area contributed by atoms with Crippen LogP contribution in [0, 0.1) is 19.7 Å². The minimum atomic E-state index is -0.210. The number of piperidine rings is 1. The first kappa shape index (κ1) is 21.6. The number of halogens is 1. The maximum Gasteiger partial charge on any atom is 0.256 e. The van der Waals surface area contributed by atoms with Crippen molar-refractivity contribution >= 4 is 17.4 Å². The van der Waals surface area contributed by atoms with Crippen LogP contribution in [0.15, 0.2) is 24.3 Å². The van der Waals surface area contributed by atoms with Gasteiger partial charge < -0.3 is 14.8 Å². The molecule has 3 heterocycles. The number of aromatic amines is 1. The van der Waals surface area contributed by atoms with Crippen LogP contribution >= 0.6 is 0 Å². The number of piperazine rings is 1. The number of hydrogen-bond donors (Lipinski definition) is 1. The van der Waals surface area contributed by atoms with Gasteiger partial charge in [0.25, 0.3) is 5.91 Å². The zero-order chi connectivity index (χ0) is 22.1. The van der Waals surface area contributed by atoms with Gasteiger partial charge in [-0.3, -0.25) is 14.5 Å². The summed E-state index contributed by atoms with van der Waals surface area (Å²) in [7, 11) is 0. The van der Waals surface area contributed by atoms with Gasteiger partial charge in [-0.15, -0.1) is 0 Å². The average molecular weight is 427 g/mol. The molecule has 1 atom stereocenters. The summed E-state index contributed by atoms with van der Waals surface area (Å²) in [5.41, 5.74) is 3.76. The Hall–Kier alpha value is -2.67. The topological polar surface area (TPSA) is 59.7 Å². The minimum Gasteiger partial charge on any atom is -0.369 e. The number of likely N-dealkylation sites (tertiary alicyclic amines) is 1. The number of nitrogens with zero attached hydrogens (tertiary/aromatic N) is 3. The maximum absolute atomic E-state index is 13.3. The molecular weight excluding hydrogens is 395 g/mol. The van der Waals surface area contributed by atoms with Crippen LogP contribution in [0.4, 0.5) is 10.1 Å². The Kier molecular flexibility index (Phi) is 6.14. The first-order chi connectivity index (χ1) is 14.8. The molecule has 0 spiro atoms. The van der Waals surface area contributed by atoms with Crippen LogP contribution < -0.4 is 4.90 Å². The van der Waals surface area contributed by atoms with E-state index in [0.29, 0.717) is 17.3 Å². The number of amides is 1. The summed E-state index contributed by atoms with van der Waals surface area (Å²) in [6.45, 7) is 10.4. The summed E-state index contributed by atoms with van der Waals surface area (Å²) >= 11 is 0. The molecule has 2 aromatic rings. The summed E-state index contributed by atoms with van der Waals surface area (Å²) in [5.74, 6) is -0.235. The predicted molar refractivity (Wildman–Crippen MR) is 119 cm³/mol. The lowest BCUT2D eigenvalue weighted by Gasteiger charge is -2.44. The Balaban J connectivity index is 1.40. The van der Waals surface area contributed by atoms with E-state index in [1.807, 2.05) is 30.9 Å². The number of carbonyl (C=O) groups excluding carboxylic acids is 2. The summed E-state index contributed by atoms with van der Waals surface area (Å²) < 4.78 is 13.2. The number of anilines is 1. The Morgan fingerprint density at radius 1 is 1.03 bits per heavy atom. The van der Waals surface area contributed by atoms with Gasteiger partial charge in [0.2, 0.25) is 0 Å². The molecule has 0 radical (unpaired) electrons. The van der Waals surface area contributed by atoms with Crippen molar-refractivity contribution < 1.29 is 14.0 Å². The van der Waals surface area contributed by atoms with Crippen LogP contribution in [0.3, 0.4) is 0 Å². The molecule has 1 N–H and O–H groups in total. The van der Waals surface area contributed by atoms with E-state index in [1.54, 1.807) is 0 Å². The van der Waals surface area contributed by atoms with Gasteiger partial charge in [-0.1, -0.05) is 0 Å². The van der Waals surface area contributed by atoms with Crippen LogP contribution in [0.5, 0.6) is 0 Å². The van der Waals surface area contributed by atoms with Crippen molar-refractivity contribution in [1.29, 1.82) is 0 Å². The van der Waals surface area contributed by atoms with E-state index >= 15 is 0 Å². The molecule has 0 aliphatic carbocycles. The van der Waals surface area contributed by atoms with Crippen LogP contribution in [0.2, 0.25) is 0 Å². The second-order valence-corrected chi connectivity index (χ2v) is 8.73. The van der Waals surface area contributed by atoms with Crippen molar-refractivity contribution in [3.8, 4) is 0 Å². The standard InChI is InChI=1S/C24H31FN4O2/c1-16-22(17(2)26-23(16)18(3)30)24(31)29-10-4-5-21(15-29)28-13-11-27(12-14-28)20-8-6-19(25)7-9-20/h6-9,21,26H,4-5,10-15H2,1-3H3. The molecule has 6 nitrogen and oxygen atoms in total. The third-order valence-corrected chi connectivity index (χ3v) is 6.71. The van der Waals surface area contributed by atoms with E-state index in [0.717, 1.165) is 69.1 Å². The van der Waals surface area contributed by atoms with Gasteiger partial charge in [0.05, 0.1) is 11.3 Å². The number of Topliss-reactive ketones (excluding diaryl/α,β-unsaturated/α-hetero) is 1. The van der Waals surface area contributed by atoms with Crippen molar-refractivity contribution in [2.75, 3.05) is 44.2 Å². The fraction of sp³-hybridized carbons (Fsp3) is 0.500. The lowest BCUT2D eigenvalue weighted by atomic mass is 10.0. The van der Waals surface area contributed by atoms with Gasteiger partial charge in [0.1, 0.15) is 5.82 Å². The molecule has 166 valence electrons. The van der Waals surface area contributed by atoms with Crippen molar-refractivity contribution in [3.63, 3.8) is 0 Å². The number of aromatic nitrogens is 1. The van der Waals surface area contributed by atoms with Crippen molar-refractivity contribution in [1.82, 2.24) is 14.8 Å². The quantitative estimate of drug-likeness (QED) is 0.762. The third kappa shape index (κ3) is 4.37. The SMILES string of the molecule is CC(=O)c1[nH]c(C)c(C(=O)N2CCCC(N3CCN(c4ccc(F)cc4)CC3)C2)c1C. The zero-order valence-electron chi connectivity index (χ0n) is 18.6. The molecule has 4 rings (SSSR count). The van der Waals surface area contributed by atoms with Crippen LogP contribution in [0.1, 0.15) is 51.9 Å². The summed E-state index contributed by atoms with van der Waals surface area (Å²) in [5, 5.41) is 0. The second-order valence-electron chi connectivity index (χ2n) is 8.73. The number of benzene rings is 1. The molecule has 31 heavy (non-hydrogen) atoms. The monoisotopic (exact) mass is 426 g/mol. The fourth-order valence-electron chi connectivity index (χ4n) is 5.02. The number of H-pyrrole nitrogens is 1. The predicted octanol–water partition coefficient (Wildman–Crippen LogP) is 3.40. The van der Waals surface area contributed by atoms with Crippen LogP contribution in [-0.2, 0) is 0 Å². The smallest absolute Gasteiger partial charge is 0.256 e. The lowest BCUT2D eigenvalue weighted by molar-refractivity contribution is 0.0562. The third-order valence-electron chi connectivity index (χ3n) is 6.71. The van der Waals surface area contributed by atoms with Gasteiger partial charge in [0, 0.05) is 63.6 Å². The molecule has 1 aromatic carbocycles. The van der Waals surface area contributed by atoms with E-state index in [1.165, 1.54) is 19.1 Å². The summed E-state index contributed by atoms with van der Waals surface area (Å²) in [6, 6.07) is 7.04. The van der Waals surface area contributed by atoms with Crippen LogP contribution in [0.25, 0.3) is 0 Å². The summed E-state index contributed by atoms with van der Waals surface area (Å²) in [6.07, 6.45) is 2.07. The van der Waals surface area contributed by atoms with Crippen molar-refractivity contribution in [3.05, 3.63) is 52.6 Å². The van der Waals surface area contributed by atoms with E-state index in [4.69, 9.17) is 0 Å². The van der Waals surface area contributed by atoms with E-state index < -0.39 is 0 Å². The highest BCUT2D eigenvalue weighted by Crippen LogP contribution is 2.25. The average Bonchev–Trinajstić information content (AvgIpc) is 3.08. The molecule has 1 aromatic heterocycles. The largest absolute Gasteiger partial charge is 0.369 e. The first-order valence-electron chi connectivity index (χ1n) is 11.1. The molecule has 1 amide bonds. The molecule has 2 aliphatic heterocycles. The Labute approximate surface area is 183 Å². The molecule has 2 saturated heterocycles. The van der Waals surface area contributed by atoms with Crippen molar-refractivity contribution in [2.24, 2.45) is 0 Å². The molecule has 0 bridgehead atoms. The molecule has 1 unspecified atom stereocenters. The second kappa shape index (κ2) is 8.83. The Bertz CT molecular complexity index is 961. The van der Waals surface area contributed by atoms with Gasteiger partial charge in [-0.05, 0) is 56.5 Å². The number of hydrogen-bond acceptors (Lipinski definition) is 4. The number of aryl methyl sites for hydroxylation is 1. The van der Waals surface area contributed by atoms with Crippen LogP contribution in [-0.4, -0.2) is 71.8 Å². The molecule has 0 saturated carbocycles. The first-order valence-corrected chi connectivity index (χ1v) is 11.1. The normalized spacial score (nSPS) is 20.2. The summed E-state index contributed by atoms with van der Waals surface area (Å²) in [4.78, 5) is 35.0. The minimum absolute atomic E-state index is 0.0217.